The summed E-state index contributed by atoms with van der Waals surface area (Å²) in [6, 6.07) is 6.24. The topological polar surface area (TPSA) is 29.5 Å². The molecule has 0 spiro atoms. The van der Waals surface area contributed by atoms with E-state index in [2.05, 4.69) is 0 Å². The largest absolute Gasteiger partial charge is 0.385 e. The Balaban J connectivity index is 2.86. The number of benzene rings is 1. The van der Waals surface area contributed by atoms with Crippen LogP contribution in [-0.4, -0.2) is 18.8 Å². The van der Waals surface area contributed by atoms with Crippen LogP contribution in [0.3, 0.4) is 0 Å². The predicted molar refractivity (Wildman–Crippen MR) is 52.5 cm³/mol. The molecule has 78 valence electrons. The molecule has 1 atom stereocenters. The van der Waals surface area contributed by atoms with E-state index >= 15 is 0 Å². The first kappa shape index (κ1) is 11.1. The Bertz CT molecular complexity index is 297. The molecule has 0 radical (unpaired) electrons. The third-order valence-corrected chi connectivity index (χ3v) is 2.25. The molecule has 0 saturated heterocycles. The Morgan fingerprint density at radius 2 is 2.07 bits per heavy atom. The molecule has 1 rings (SSSR count). The normalized spacial score (nSPS) is 15.1. The zero-order valence-corrected chi connectivity index (χ0v) is 8.46. The highest BCUT2D eigenvalue weighted by Crippen LogP contribution is 2.26. The van der Waals surface area contributed by atoms with E-state index < -0.39 is 5.60 Å². The Morgan fingerprint density at radius 3 is 2.64 bits per heavy atom. The van der Waals surface area contributed by atoms with Crippen molar-refractivity contribution in [3.8, 4) is 0 Å². The lowest BCUT2D eigenvalue weighted by Gasteiger charge is -2.23. The molecule has 1 aromatic rings. The van der Waals surface area contributed by atoms with Gasteiger partial charge in [-0.1, -0.05) is 18.2 Å². The molecule has 0 bridgehead atoms. The molecular formula is C11H15FO2. The van der Waals surface area contributed by atoms with Crippen LogP contribution in [0, 0.1) is 5.82 Å². The number of rotatable bonds is 4. The maximum atomic E-state index is 13.3. The van der Waals surface area contributed by atoms with Crippen LogP contribution in [0.25, 0.3) is 0 Å². The zero-order chi connectivity index (χ0) is 10.6. The first-order valence-electron chi connectivity index (χ1n) is 4.54. The van der Waals surface area contributed by atoms with Gasteiger partial charge in [0.25, 0.3) is 0 Å². The molecule has 0 heterocycles. The van der Waals surface area contributed by atoms with Gasteiger partial charge in [0.1, 0.15) is 5.82 Å². The van der Waals surface area contributed by atoms with Crippen LogP contribution in [0.15, 0.2) is 24.3 Å². The summed E-state index contributed by atoms with van der Waals surface area (Å²) in [5, 5.41) is 9.98. The van der Waals surface area contributed by atoms with Crippen molar-refractivity contribution >= 4 is 0 Å². The van der Waals surface area contributed by atoms with Crippen molar-refractivity contribution in [3.63, 3.8) is 0 Å². The van der Waals surface area contributed by atoms with Gasteiger partial charge in [0.05, 0.1) is 5.60 Å². The van der Waals surface area contributed by atoms with Gasteiger partial charge in [0.15, 0.2) is 0 Å². The first-order chi connectivity index (χ1) is 6.58. The second-order valence-corrected chi connectivity index (χ2v) is 3.50. The van der Waals surface area contributed by atoms with Gasteiger partial charge < -0.3 is 9.84 Å². The van der Waals surface area contributed by atoms with Gasteiger partial charge in [-0.3, -0.25) is 0 Å². The minimum Gasteiger partial charge on any atom is -0.385 e. The van der Waals surface area contributed by atoms with Gasteiger partial charge in [-0.05, 0) is 13.0 Å². The Labute approximate surface area is 83.3 Å². The molecule has 1 aromatic carbocycles. The molecular weight excluding hydrogens is 183 g/mol. The average Bonchev–Trinajstić information content (AvgIpc) is 2.15. The Hall–Kier alpha value is -0.930. The number of ether oxygens (including phenoxy) is 1. The fourth-order valence-electron chi connectivity index (χ4n) is 1.33. The highest BCUT2D eigenvalue weighted by molar-refractivity contribution is 5.23. The summed E-state index contributed by atoms with van der Waals surface area (Å²) in [6.07, 6.45) is 0.379. The van der Waals surface area contributed by atoms with Crippen LogP contribution in [0.4, 0.5) is 4.39 Å². The maximum absolute atomic E-state index is 13.3. The maximum Gasteiger partial charge on any atom is 0.129 e. The number of hydrogen-bond donors (Lipinski definition) is 1. The van der Waals surface area contributed by atoms with Crippen molar-refractivity contribution in [2.45, 2.75) is 18.9 Å². The summed E-state index contributed by atoms with van der Waals surface area (Å²) < 4.78 is 18.2. The van der Waals surface area contributed by atoms with E-state index in [1.807, 2.05) is 0 Å². The predicted octanol–water partition coefficient (Wildman–Crippen LogP) is 2.07. The van der Waals surface area contributed by atoms with E-state index in [4.69, 9.17) is 4.74 Å². The summed E-state index contributed by atoms with van der Waals surface area (Å²) in [7, 11) is 1.55. The van der Waals surface area contributed by atoms with E-state index in [-0.39, 0.29) is 5.82 Å². The van der Waals surface area contributed by atoms with Crippen molar-refractivity contribution in [3.05, 3.63) is 35.6 Å². The first-order valence-corrected chi connectivity index (χ1v) is 4.54. The Kier molecular flexibility index (Phi) is 3.61. The minimum absolute atomic E-state index is 0.317. The summed E-state index contributed by atoms with van der Waals surface area (Å²) in [6.45, 7) is 1.99. The van der Waals surface area contributed by atoms with Gasteiger partial charge in [-0.25, -0.2) is 4.39 Å². The van der Waals surface area contributed by atoms with E-state index in [0.29, 0.717) is 18.6 Å². The average molecular weight is 198 g/mol. The molecule has 0 aliphatic heterocycles. The molecule has 0 fully saturated rings. The molecule has 1 unspecified atom stereocenters. The van der Waals surface area contributed by atoms with Crippen molar-refractivity contribution < 1.29 is 14.2 Å². The van der Waals surface area contributed by atoms with Crippen molar-refractivity contribution in [1.29, 1.82) is 0 Å². The molecule has 0 aliphatic carbocycles. The van der Waals surface area contributed by atoms with Crippen LogP contribution in [0.1, 0.15) is 18.9 Å². The van der Waals surface area contributed by atoms with Gasteiger partial charge >= 0.3 is 0 Å². The number of aliphatic hydroxyl groups is 1. The molecule has 0 amide bonds. The SMILES string of the molecule is COCCC(C)(O)c1ccccc1F. The number of halogens is 1. The molecule has 0 aliphatic rings. The zero-order valence-electron chi connectivity index (χ0n) is 8.46. The van der Waals surface area contributed by atoms with Gasteiger partial charge in [-0.15, -0.1) is 0 Å². The lowest BCUT2D eigenvalue weighted by atomic mass is 9.92. The van der Waals surface area contributed by atoms with Crippen LogP contribution in [-0.2, 0) is 10.3 Å². The van der Waals surface area contributed by atoms with Crippen LogP contribution < -0.4 is 0 Å². The fraction of sp³-hybridized carbons (Fsp3) is 0.455. The number of hydrogen-bond acceptors (Lipinski definition) is 2. The second-order valence-electron chi connectivity index (χ2n) is 3.50. The minimum atomic E-state index is -1.17. The standard InChI is InChI=1S/C11H15FO2/c1-11(13,7-8-14-2)9-5-3-4-6-10(9)12/h3-6,13H,7-8H2,1-2H3. The van der Waals surface area contributed by atoms with Gasteiger partial charge in [0.2, 0.25) is 0 Å². The van der Waals surface area contributed by atoms with Crippen LogP contribution >= 0.6 is 0 Å². The van der Waals surface area contributed by atoms with Crippen LogP contribution in [0.5, 0.6) is 0 Å². The summed E-state index contributed by atoms with van der Waals surface area (Å²) in [5.41, 5.74) is -0.849. The van der Waals surface area contributed by atoms with Crippen molar-refractivity contribution in [1.82, 2.24) is 0 Å². The molecule has 1 N–H and O–H groups in total. The Morgan fingerprint density at radius 1 is 1.43 bits per heavy atom. The summed E-state index contributed by atoms with van der Waals surface area (Å²) in [5.74, 6) is -0.381. The highest BCUT2D eigenvalue weighted by Gasteiger charge is 2.25. The number of methoxy groups -OCH3 is 1. The van der Waals surface area contributed by atoms with Gasteiger partial charge in [0, 0.05) is 25.7 Å². The quantitative estimate of drug-likeness (QED) is 0.802. The molecule has 3 heteroatoms. The van der Waals surface area contributed by atoms with Crippen molar-refractivity contribution in [2.24, 2.45) is 0 Å². The monoisotopic (exact) mass is 198 g/mol. The summed E-state index contributed by atoms with van der Waals surface area (Å²) in [4.78, 5) is 0. The van der Waals surface area contributed by atoms with E-state index in [0.717, 1.165) is 0 Å². The van der Waals surface area contributed by atoms with E-state index in [9.17, 15) is 9.50 Å². The lowest BCUT2D eigenvalue weighted by molar-refractivity contribution is 0.0181. The molecule has 0 aromatic heterocycles. The molecule has 0 saturated carbocycles. The fourth-order valence-corrected chi connectivity index (χ4v) is 1.33. The van der Waals surface area contributed by atoms with Gasteiger partial charge in [-0.2, -0.15) is 0 Å². The van der Waals surface area contributed by atoms with E-state index in [1.165, 1.54) is 6.07 Å². The summed E-state index contributed by atoms with van der Waals surface area (Å²) >= 11 is 0. The lowest BCUT2D eigenvalue weighted by Crippen LogP contribution is -2.24. The molecule has 2 nitrogen and oxygen atoms in total. The second kappa shape index (κ2) is 4.53. The third kappa shape index (κ3) is 2.53. The molecule has 14 heavy (non-hydrogen) atoms. The highest BCUT2D eigenvalue weighted by atomic mass is 19.1. The third-order valence-electron chi connectivity index (χ3n) is 2.25. The van der Waals surface area contributed by atoms with Crippen molar-refractivity contribution in [2.75, 3.05) is 13.7 Å². The van der Waals surface area contributed by atoms with Crippen LogP contribution in [0.2, 0.25) is 0 Å². The van der Waals surface area contributed by atoms with E-state index in [1.54, 1.807) is 32.2 Å². The smallest absolute Gasteiger partial charge is 0.129 e.